The number of nitrogens with one attached hydrogen (secondary N) is 2. The van der Waals surface area contributed by atoms with Crippen LogP contribution < -0.4 is 21.1 Å². The van der Waals surface area contributed by atoms with Crippen molar-refractivity contribution in [1.29, 1.82) is 0 Å². The number of fused-ring (bicyclic) bond motifs is 1. The molecule has 2 aliphatic rings. The zero-order valence-corrected chi connectivity index (χ0v) is 23.2. The fourth-order valence-corrected chi connectivity index (χ4v) is 5.42. The van der Waals surface area contributed by atoms with Crippen molar-refractivity contribution in [2.45, 2.75) is 76.0 Å². The Hall–Kier alpha value is -2.65. The summed E-state index contributed by atoms with van der Waals surface area (Å²) in [6, 6.07) is 5.99. The lowest BCUT2D eigenvalue weighted by Gasteiger charge is -2.33. The molecule has 0 bridgehead atoms. The molecule has 0 aliphatic carbocycles. The van der Waals surface area contributed by atoms with E-state index in [1.165, 1.54) is 0 Å². The first-order valence-corrected chi connectivity index (χ1v) is 13.6. The molecule has 1 aromatic rings. The normalized spacial score (nSPS) is 24.7. The van der Waals surface area contributed by atoms with Gasteiger partial charge in [-0.05, 0) is 62.1 Å². The van der Waals surface area contributed by atoms with Gasteiger partial charge in [0.15, 0.2) is 0 Å². The molecule has 0 spiro atoms. The third-order valence-corrected chi connectivity index (χ3v) is 7.78. The minimum Gasteiger partial charge on any atom is -0.497 e. The maximum Gasteiger partial charge on any atom is 0.246 e. The first kappa shape index (κ1) is 28.9. The van der Waals surface area contributed by atoms with Crippen molar-refractivity contribution in [1.82, 2.24) is 15.5 Å². The molecular formula is C28H46N5O4+. The minimum atomic E-state index is -0.658. The Kier molecular flexibility index (Phi) is 9.95. The lowest BCUT2D eigenvalue weighted by Crippen LogP contribution is -2.58. The van der Waals surface area contributed by atoms with Crippen LogP contribution in [0.15, 0.2) is 24.3 Å². The number of benzene rings is 1. The van der Waals surface area contributed by atoms with E-state index in [9.17, 15) is 14.4 Å². The summed E-state index contributed by atoms with van der Waals surface area (Å²) in [5.41, 5.74) is 7.10. The molecule has 0 aromatic heterocycles. The molecule has 2 saturated heterocycles. The second-order valence-corrected chi connectivity index (χ2v) is 11.5. The monoisotopic (exact) mass is 516 g/mol. The number of nitrogens with zero attached hydrogens (tertiary/aromatic N) is 2. The van der Waals surface area contributed by atoms with Crippen LogP contribution in [-0.4, -0.2) is 92.6 Å². The topological polar surface area (TPSA) is 114 Å². The van der Waals surface area contributed by atoms with Crippen molar-refractivity contribution >= 4 is 17.7 Å². The van der Waals surface area contributed by atoms with Crippen molar-refractivity contribution in [3.05, 3.63) is 29.8 Å². The van der Waals surface area contributed by atoms with Gasteiger partial charge in [0.25, 0.3) is 0 Å². The van der Waals surface area contributed by atoms with Crippen molar-refractivity contribution in [3.63, 3.8) is 0 Å². The Balaban J connectivity index is 1.70. The summed E-state index contributed by atoms with van der Waals surface area (Å²) in [6.45, 7) is 3.24. The zero-order chi connectivity index (χ0) is 27.2. The molecule has 9 heteroatoms. The highest BCUT2D eigenvalue weighted by Gasteiger charge is 2.47. The van der Waals surface area contributed by atoms with E-state index in [1.54, 1.807) is 12.0 Å². The molecule has 0 radical (unpaired) electrons. The number of ether oxygens (including phenoxy) is 1. The van der Waals surface area contributed by atoms with Gasteiger partial charge < -0.3 is 30.5 Å². The molecule has 2 fully saturated rings. The fraction of sp³-hybridized carbons (Fsp3) is 0.679. The lowest BCUT2D eigenvalue weighted by atomic mass is 9.89. The first-order valence-electron chi connectivity index (χ1n) is 13.6. The highest BCUT2D eigenvalue weighted by atomic mass is 16.5. The summed E-state index contributed by atoms with van der Waals surface area (Å²) in [6.07, 6.45) is 5.15. The van der Waals surface area contributed by atoms with Crippen LogP contribution in [0.3, 0.4) is 0 Å². The Morgan fingerprint density at radius 3 is 2.43 bits per heavy atom. The second kappa shape index (κ2) is 12.7. The number of nitrogens with two attached hydrogens (primary N) is 1. The zero-order valence-electron chi connectivity index (χ0n) is 23.2. The number of quaternary nitrogens is 1. The molecule has 4 N–H and O–H groups in total. The summed E-state index contributed by atoms with van der Waals surface area (Å²) < 4.78 is 5.98. The Morgan fingerprint density at radius 1 is 1.14 bits per heavy atom. The van der Waals surface area contributed by atoms with Crippen molar-refractivity contribution in [3.8, 4) is 5.75 Å². The van der Waals surface area contributed by atoms with E-state index < -0.39 is 18.1 Å². The van der Waals surface area contributed by atoms with Gasteiger partial charge in [0.05, 0.1) is 40.8 Å². The van der Waals surface area contributed by atoms with E-state index in [4.69, 9.17) is 10.5 Å². The number of rotatable bonds is 11. The number of amides is 3. The highest BCUT2D eigenvalue weighted by molar-refractivity contribution is 5.94. The number of methoxy groups -OCH3 is 1. The van der Waals surface area contributed by atoms with E-state index in [0.717, 1.165) is 48.0 Å². The molecule has 1 unspecified atom stereocenters. The average Bonchev–Trinajstić information content (AvgIpc) is 3.25. The third-order valence-electron chi connectivity index (χ3n) is 7.78. The molecule has 9 nitrogen and oxygen atoms in total. The quantitative estimate of drug-likeness (QED) is 0.385. The molecule has 37 heavy (non-hydrogen) atoms. The van der Waals surface area contributed by atoms with Gasteiger partial charge in [-0.3, -0.25) is 14.4 Å². The van der Waals surface area contributed by atoms with Crippen LogP contribution in [0.1, 0.15) is 51.0 Å². The largest absolute Gasteiger partial charge is 0.497 e. The SMILES string of the molecule is CC[C@H](N)C(=O)NC1C(=O)N2[C@@H](CC[C@@H]1CC[N+](C)(C)C)CC[C@H]2C(=O)NCCc1ccc(OC)cc1. The summed E-state index contributed by atoms with van der Waals surface area (Å²) in [5, 5.41) is 6.03. The van der Waals surface area contributed by atoms with Crippen molar-refractivity contribution < 1.29 is 23.6 Å². The Labute approximate surface area is 221 Å². The maximum absolute atomic E-state index is 14.0. The summed E-state index contributed by atoms with van der Waals surface area (Å²) >= 11 is 0. The predicted octanol–water partition coefficient (Wildman–Crippen LogP) is 1.44. The van der Waals surface area contributed by atoms with E-state index in [2.05, 4.69) is 31.8 Å². The van der Waals surface area contributed by atoms with Gasteiger partial charge in [-0.2, -0.15) is 0 Å². The highest BCUT2D eigenvalue weighted by Crippen LogP contribution is 2.35. The summed E-state index contributed by atoms with van der Waals surface area (Å²) in [7, 11) is 8.02. The third kappa shape index (κ3) is 7.68. The second-order valence-electron chi connectivity index (χ2n) is 11.5. The standard InChI is InChI=1S/C28H45N5O4/c1-6-23(29)26(34)31-25-20(16-18-33(2,3)4)9-10-21-11-14-24(32(21)28(25)36)27(35)30-17-15-19-7-12-22(37-5)13-8-19/h7-8,12-13,20-21,23-25H,6,9-11,14-18,29H2,1-5H3,(H-,30,31,34,35)/p+1/t20-,21+,23+,24+,25?/m1/s1. The smallest absolute Gasteiger partial charge is 0.246 e. The van der Waals surface area contributed by atoms with E-state index >= 15 is 0 Å². The fourth-order valence-electron chi connectivity index (χ4n) is 5.42. The first-order chi connectivity index (χ1) is 17.5. The van der Waals surface area contributed by atoms with Crippen molar-refractivity contribution in [2.75, 3.05) is 41.3 Å². The number of hydrogen-bond acceptors (Lipinski definition) is 5. The molecule has 2 aliphatic heterocycles. The Bertz CT molecular complexity index is 929. The number of carbonyl (C=O) groups excluding carboxylic acids is 3. The molecule has 3 amide bonds. The van der Waals surface area contributed by atoms with E-state index in [-0.39, 0.29) is 29.7 Å². The van der Waals surface area contributed by atoms with Gasteiger partial charge in [-0.15, -0.1) is 0 Å². The predicted molar refractivity (Wildman–Crippen MR) is 144 cm³/mol. The summed E-state index contributed by atoms with van der Waals surface area (Å²) in [4.78, 5) is 41.7. The van der Waals surface area contributed by atoms with Gasteiger partial charge in [-0.25, -0.2) is 0 Å². The van der Waals surface area contributed by atoms with Gasteiger partial charge >= 0.3 is 0 Å². The minimum absolute atomic E-state index is 0.0160. The summed E-state index contributed by atoms with van der Waals surface area (Å²) in [5.74, 6) is 0.255. The van der Waals surface area contributed by atoms with Crippen LogP contribution in [0.4, 0.5) is 0 Å². The van der Waals surface area contributed by atoms with E-state index in [1.807, 2.05) is 31.2 Å². The molecule has 0 saturated carbocycles. The lowest BCUT2D eigenvalue weighted by molar-refractivity contribution is -0.871. The Morgan fingerprint density at radius 2 is 1.81 bits per heavy atom. The van der Waals surface area contributed by atoms with Crippen molar-refractivity contribution in [2.24, 2.45) is 11.7 Å². The van der Waals surface area contributed by atoms with Crippen LogP contribution in [0, 0.1) is 5.92 Å². The molecule has 5 atom stereocenters. The molecule has 2 heterocycles. The molecular weight excluding hydrogens is 470 g/mol. The molecule has 1 aromatic carbocycles. The van der Waals surface area contributed by atoms with Gasteiger partial charge in [0, 0.05) is 19.0 Å². The van der Waals surface area contributed by atoms with Crippen LogP contribution in [0.25, 0.3) is 0 Å². The van der Waals surface area contributed by atoms with Crippen LogP contribution >= 0.6 is 0 Å². The number of hydrogen-bond donors (Lipinski definition) is 3. The average molecular weight is 517 g/mol. The number of carbonyl (C=O) groups is 3. The molecule has 3 rings (SSSR count). The molecule has 206 valence electrons. The van der Waals surface area contributed by atoms with Gasteiger partial charge in [0.2, 0.25) is 17.7 Å². The maximum atomic E-state index is 14.0. The van der Waals surface area contributed by atoms with Crippen LogP contribution in [0.5, 0.6) is 5.75 Å². The van der Waals surface area contributed by atoms with Crippen LogP contribution in [0.2, 0.25) is 0 Å². The van der Waals surface area contributed by atoms with Crippen LogP contribution in [-0.2, 0) is 20.8 Å². The van der Waals surface area contributed by atoms with Gasteiger partial charge in [0.1, 0.15) is 17.8 Å². The van der Waals surface area contributed by atoms with E-state index in [0.29, 0.717) is 25.8 Å². The van der Waals surface area contributed by atoms with Gasteiger partial charge in [-0.1, -0.05) is 19.1 Å².